The van der Waals surface area contributed by atoms with E-state index < -0.39 is 11.8 Å². The Morgan fingerprint density at radius 1 is 0.958 bits per heavy atom. The Hall–Kier alpha value is -2.70. The molecule has 0 bridgehead atoms. The minimum absolute atomic E-state index is 0.0295. The quantitative estimate of drug-likeness (QED) is 0.447. The molecule has 0 aliphatic heterocycles. The highest BCUT2D eigenvalue weighted by Crippen LogP contribution is 2.13. The molecule has 3 N–H and O–H groups in total. The van der Waals surface area contributed by atoms with Gasteiger partial charge in [0, 0.05) is 6.08 Å². The Kier molecular flexibility index (Phi) is 6.48. The number of hydrogen-bond donors (Lipinski definition) is 3. The Morgan fingerprint density at radius 3 is 2.33 bits per heavy atom. The van der Waals surface area contributed by atoms with Gasteiger partial charge >= 0.3 is 0 Å². The van der Waals surface area contributed by atoms with E-state index in [1.165, 1.54) is 6.08 Å². The van der Waals surface area contributed by atoms with Gasteiger partial charge in [0.1, 0.15) is 0 Å². The maximum Gasteiger partial charge on any atom is 0.271 e. The van der Waals surface area contributed by atoms with Crippen molar-refractivity contribution in [3.8, 4) is 0 Å². The lowest BCUT2D eigenvalue weighted by Crippen LogP contribution is -2.48. The predicted molar refractivity (Wildman–Crippen MR) is 98.3 cm³/mol. The van der Waals surface area contributed by atoms with Gasteiger partial charge in [-0.25, -0.2) is 0 Å². The molecule has 5 nitrogen and oxygen atoms in total. The SMILES string of the molecule is O=C(C=Cc1ccccc1)NC(=S)NNC(=O)c1ccccc1Cl. The second-order valence-electron chi connectivity index (χ2n) is 4.62. The number of hydrazine groups is 1. The number of halogens is 1. The van der Waals surface area contributed by atoms with Crippen LogP contribution in [-0.4, -0.2) is 16.9 Å². The lowest BCUT2D eigenvalue weighted by atomic mass is 10.2. The number of carbonyl (C=O) groups excluding carboxylic acids is 2. The number of benzene rings is 2. The van der Waals surface area contributed by atoms with Crippen molar-refractivity contribution in [1.82, 2.24) is 16.2 Å². The van der Waals surface area contributed by atoms with Crippen molar-refractivity contribution in [1.29, 1.82) is 0 Å². The fourth-order valence-corrected chi connectivity index (χ4v) is 2.12. The third-order valence-corrected chi connectivity index (χ3v) is 3.41. The van der Waals surface area contributed by atoms with E-state index in [1.54, 1.807) is 30.3 Å². The van der Waals surface area contributed by atoms with Gasteiger partial charge in [-0.05, 0) is 36.0 Å². The molecule has 0 fully saturated rings. The van der Waals surface area contributed by atoms with Crippen LogP contribution in [0.25, 0.3) is 6.08 Å². The summed E-state index contributed by atoms with van der Waals surface area (Å²) in [6, 6.07) is 15.9. The average molecular weight is 360 g/mol. The molecule has 0 heterocycles. The average Bonchev–Trinajstić information content (AvgIpc) is 2.59. The molecule has 0 spiro atoms. The normalized spacial score (nSPS) is 10.2. The number of nitrogens with one attached hydrogen (secondary N) is 3. The summed E-state index contributed by atoms with van der Waals surface area (Å²) in [5, 5.41) is 2.71. The maximum absolute atomic E-state index is 11.9. The van der Waals surface area contributed by atoms with Gasteiger partial charge < -0.3 is 0 Å². The second-order valence-corrected chi connectivity index (χ2v) is 5.44. The summed E-state index contributed by atoms with van der Waals surface area (Å²) < 4.78 is 0. The van der Waals surface area contributed by atoms with E-state index in [2.05, 4.69) is 16.2 Å². The molecule has 0 saturated heterocycles. The summed E-state index contributed by atoms with van der Waals surface area (Å²) in [6.07, 6.45) is 3.00. The highest BCUT2D eigenvalue weighted by Gasteiger charge is 2.09. The second kappa shape index (κ2) is 8.81. The van der Waals surface area contributed by atoms with E-state index in [0.29, 0.717) is 10.6 Å². The van der Waals surface area contributed by atoms with Gasteiger partial charge in [-0.15, -0.1) is 0 Å². The van der Waals surface area contributed by atoms with Crippen molar-refractivity contribution in [2.75, 3.05) is 0 Å². The smallest absolute Gasteiger partial charge is 0.271 e. The Bertz CT molecular complexity index is 778. The van der Waals surface area contributed by atoms with Crippen LogP contribution >= 0.6 is 23.8 Å². The number of rotatable bonds is 3. The van der Waals surface area contributed by atoms with E-state index in [1.807, 2.05) is 30.3 Å². The minimum Gasteiger partial charge on any atom is -0.298 e. The molecule has 2 aromatic carbocycles. The zero-order valence-electron chi connectivity index (χ0n) is 12.5. The summed E-state index contributed by atoms with van der Waals surface area (Å²) in [5.74, 6) is -0.875. The number of carbonyl (C=O) groups is 2. The van der Waals surface area contributed by atoms with Gasteiger partial charge in [0.2, 0.25) is 5.91 Å². The summed E-state index contributed by atoms with van der Waals surface area (Å²) in [6.45, 7) is 0. The van der Waals surface area contributed by atoms with E-state index in [9.17, 15) is 9.59 Å². The largest absolute Gasteiger partial charge is 0.298 e. The van der Waals surface area contributed by atoms with Gasteiger partial charge in [0.15, 0.2) is 5.11 Å². The van der Waals surface area contributed by atoms with Crippen LogP contribution in [0.3, 0.4) is 0 Å². The van der Waals surface area contributed by atoms with Gasteiger partial charge in [0.25, 0.3) is 5.91 Å². The molecule has 0 aliphatic carbocycles. The molecule has 0 saturated carbocycles. The lowest BCUT2D eigenvalue weighted by molar-refractivity contribution is -0.115. The van der Waals surface area contributed by atoms with Crippen LogP contribution in [0.2, 0.25) is 5.02 Å². The first-order valence-corrected chi connectivity index (χ1v) is 7.74. The zero-order valence-corrected chi connectivity index (χ0v) is 14.0. The topological polar surface area (TPSA) is 70.2 Å². The van der Waals surface area contributed by atoms with Gasteiger partial charge in [0.05, 0.1) is 10.6 Å². The molecule has 24 heavy (non-hydrogen) atoms. The van der Waals surface area contributed by atoms with Crippen molar-refractivity contribution in [2.45, 2.75) is 0 Å². The molecule has 2 rings (SSSR count). The molecule has 7 heteroatoms. The monoisotopic (exact) mass is 359 g/mol. The molecule has 0 radical (unpaired) electrons. The molecule has 0 unspecified atom stereocenters. The molecular weight excluding hydrogens is 346 g/mol. The molecular formula is C17H14ClN3O2S. The molecule has 122 valence electrons. The van der Waals surface area contributed by atoms with Crippen molar-refractivity contribution >= 4 is 46.8 Å². The van der Waals surface area contributed by atoms with Gasteiger partial charge in [-0.1, -0.05) is 54.1 Å². The first-order chi connectivity index (χ1) is 11.6. The van der Waals surface area contributed by atoms with Crippen molar-refractivity contribution in [2.24, 2.45) is 0 Å². The molecule has 0 atom stereocenters. The number of amides is 2. The summed E-state index contributed by atoms with van der Waals surface area (Å²) in [4.78, 5) is 23.7. The molecule has 2 amide bonds. The minimum atomic E-state index is -0.461. The maximum atomic E-state index is 11.9. The first-order valence-electron chi connectivity index (χ1n) is 6.95. The summed E-state index contributed by atoms with van der Waals surface area (Å²) in [7, 11) is 0. The van der Waals surface area contributed by atoms with E-state index in [0.717, 1.165) is 5.56 Å². The van der Waals surface area contributed by atoms with Crippen LogP contribution in [0.1, 0.15) is 15.9 Å². The van der Waals surface area contributed by atoms with Crippen LogP contribution in [0.15, 0.2) is 60.7 Å². The Morgan fingerprint density at radius 2 is 1.62 bits per heavy atom. The van der Waals surface area contributed by atoms with Crippen molar-refractivity contribution in [3.63, 3.8) is 0 Å². The standard InChI is InChI=1S/C17H14ClN3O2S/c18-14-9-5-4-8-13(14)16(23)20-21-17(24)19-15(22)11-10-12-6-2-1-3-7-12/h1-11H,(H,20,23)(H2,19,21,22,24). The van der Waals surface area contributed by atoms with Gasteiger partial charge in [-0.3, -0.25) is 25.8 Å². The molecule has 0 aromatic heterocycles. The van der Waals surface area contributed by atoms with Crippen LogP contribution in [0.5, 0.6) is 0 Å². The van der Waals surface area contributed by atoms with Crippen LogP contribution in [0.4, 0.5) is 0 Å². The van der Waals surface area contributed by atoms with E-state index in [-0.39, 0.29) is 5.11 Å². The van der Waals surface area contributed by atoms with E-state index in [4.69, 9.17) is 23.8 Å². The van der Waals surface area contributed by atoms with E-state index >= 15 is 0 Å². The first kappa shape index (κ1) is 17.7. The lowest BCUT2D eigenvalue weighted by Gasteiger charge is -2.10. The van der Waals surface area contributed by atoms with Crippen molar-refractivity contribution < 1.29 is 9.59 Å². The summed E-state index contributed by atoms with van der Waals surface area (Å²) >= 11 is 10.9. The fraction of sp³-hybridized carbons (Fsp3) is 0. The molecule has 2 aromatic rings. The Labute approximate surface area is 149 Å². The zero-order chi connectivity index (χ0) is 17.4. The van der Waals surface area contributed by atoms with Crippen LogP contribution < -0.4 is 16.2 Å². The van der Waals surface area contributed by atoms with Crippen LogP contribution in [0, 0.1) is 0 Å². The number of thiocarbonyl (C=S) groups is 1. The predicted octanol–water partition coefficient (Wildman–Crippen LogP) is 2.69. The highest BCUT2D eigenvalue weighted by molar-refractivity contribution is 7.80. The third kappa shape index (κ3) is 5.49. The number of hydrogen-bond acceptors (Lipinski definition) is 3. The van der Waals surface area contributed by atoms with Crippen LogP contribution in [-0.2, 0) is 4.79 Å². The Balaban J connectivity index is 1.81. The summed E-state index contributed by atoms with van der Waals surface area (Å²) in [5.41, 5.74) is 5.99. The van der Waals surface area contributed by atoms with Gasteiger partial charge in [-0.2, -0.15) is 0 Å². The highest BCUT2D eigenvalue weighted by atomic mass is 35.5. The third-order valence-electron chi connectivity index (χ3n) is 2.87. The molecule has 0 aliphatic rings. The van der Waals surface area contributed by atoms with Crippen molar-refractivity contribution in [3.05, 3.63) is 76.8 Å². The fourth-order valence-electron chi connectivity index (χ4n) is 1.75.